The van der Waals surface area contributed by atoms with Crippen molar-refractivity contribution < 1.29 is 13.6 Å². The molecule has 6 heteroatoms. The largest absolute Gasteiger partial charge is 0.352 e. The number of amides is 1. The van der Waals surface area contributed by atoms with Gasteiger partial charge in [-0.3, -0.25) is 4.79 Å². The van der Waals surface area contributed by atoms with Crippen molar-refractivity contribution in [2.45, 2.75) is 19.4 Å². The zero-order valence-electron chi connectivity index (χ0n) is 12.1. The SMILES string of the molecule is N#Cc1ccc(CNC(=O)CCc2ccc(Br)cc2F)c(F)c1. The van der Waals surface area contributed by atoms with Crippen LogP contribution >= 0.6 is 15.9 Å². The average molecular weight is 379 g/mol. The van der Waals surface area contributed by atoms with Gasteiger partial charge in [-0.05, 0) is 36.2 Å². The number of aryl methyl sites for hydroxylation is 1. The second-order valence-electron chi connectivity index (χ2n) is 4.93. The Kier molecular flexibility index (Phi) is 5.83. The van der Waals surface area contributed by atoms with Gasteiger partial charge in [0, 0.05) is 23.0 Å². The van der Waals surface area contributed by atoms with Crippen LogP contribution < -0.4 is 5.32 Å². The maximum absolute atomic E-state index is 13.7. The molecule has 0 unspecified atom stereocenters. The van der Waals surface area contributed by atoms with Gasteiger partial charge in [-0.25, -0.2) is 8.78 Å². The number of nitriles is 1. The molecular weight excluding hydrogens is 366 g/mol. The molecule has 2 rings (SSSR count). The Bertz CT molecular complexity index is 772. The Labute approximate surface area is 141 Å². The highest BCUT2D eigenvalue weighted by molar-refractivity contribution is 9.10. The molecule has 0 bridgehead atoms. The quantitative estimate of drug-likeness (QED) is 0.858. The summed E-state index contributed by atoms with van der Waals surface area (Å²) in [6, 6.07) is 10.6. The Morgan fingerprint density at radius 3 is 2.48 bits per heavy atom. The zero-order valence-corrected chi connectivity index (χ0v) is 13.7. The predicted octanol–water partition coefficient (Wildman–Crippen LogP) is 3.85. The van der Waals surface area contributed by atoms with Crippen molar-refractivity contribution >= 4 is 21.8 Å². The lowest BCUT2D eigenvalue weighted by molar-refractivity contribution is -0.121. The molecule has 23 heavy (non-hydrogen) atoms. The zero-order chi connectivity index (χ0) is 16.8. The lowest BCUT2D eigenvalue weighted by Gasteiger charge is -2.07. The normalized spacial score (nSPS) is 10.2. The van der Waals surface area contributed by atoms with E-state index in [1.165, 1.54) is 18.2 Å². The fraction of sp³-hybridized carbons (Fsp3) is 0.176. The summed E-state index contributed by atoms with van der Waals surface area (Å²) in [6.45, 7) is 0.0270. The number of hydrogen-bond donors (Lipinski definition) is 1. The molecule has 0 fully saturated rings. The van der Waals surface area contributed by atoms with Crippen molar-refractivity contribution in [1.82, 2.24) is 5.32 Å². The molecule has 0 aliphatic heterocycles. The molecule has 0 heterocycles. The summed E-state index contributed by atoms with van der Waals surface area (Å²) in [6.07, 6.45) is 0.372. The Balaban J connectivity index is 1.87. The van der Waals surface area contributed by atoms with E-state index in [1.807, 2.05) is 6.07 Å². The van der Waals surface area contributed by atoms with E-state index in [4.69, 9.17) is 5.26 Å². The fourth-order valence-corrected chi connectivity index (χ4v) is 2.35. The summed E-state index contributed by atoms with van der Waals surface area (Å²) in [5.41, 5.74) is 0.975. The average Bonchev–Trinajstić information content (AvgIpc) is 2.52. The van der Waals surface area contributed by atoms with E-state index in [0.29, 0.717) is 15.6 Å². The minimum Gasteiger partial charge on any atom is -0.352 e. The van der Waals surface area contributed by atoms with Gasteiger partial charge in [0.1, 0.15) is 11.6 Å². The number of hydrogen-bond acceptors (Lipinski definition) is 2. The molecule has 2 aromatic rings. The molecule has 118 valence electrons. The predicted molar refractivity (Wildman–Crippen MR) is 85.4 cm³/mol. The van der Waals surface area contributed by atoms with Crippen molar-refractivity contribution in [3.8, 4) is 6.07 Å². The third-order valence-corrected chi connectivity index (χ3v) is 3.79. The maximum Gasteiger partial charge on any atom is 0.220 e. The van der Waals surface area contributed by atoms with Gasteiger partial charge in [0.2, 0.25) is 5.91 Å². The van der Waals surface area contributed by atoms with Gasteiger partial charge in [-0.1, -0.05) is 28.1 Å². The first kappa shape index (κ1) is 17.1. The highest BCUT2D eigenvalue weighted by Gasteiger charge is 2.08. The summed E-state index contributed by atoms with van der Waals surface area (Å²) >= 11 is 3.17. The van der Waals surface area contributed by atoms with Crippen LogP contribution in [0.25, 0.3) is 0 Å². The number of rotatable bonds is 5. The van der Waals surface area contributed by atoms with Gasteiger partial charge >= 0.3 is 0 Å². The van der Waals surface area contributed by atoms with Gasteiger partial charge in [0.15, 0.2) is 0 Å². The second-order valence-corrected chi connectivity index (χ2v) is 5.85. The first-order valence-corrected chi connectivity index (χ1v) is 7.68. The fourth-order valence-electron chi connectivity index (χ4n) is 2.02. The number of halogens is 3. The minimum absolute atomic E-state index is 0.0270. The van der Waals surface area contributed by atoms with Gasteiger partial charge < -0.3 is 5.32 Å². The van der Waals surface area contributed by atoms with Gasteiger partial charge in [0.25, 0.3) is 0 Å². The Hall–Kier alpha value is -2.26. The number of nitrogens with one attached hydrogen (secondary N) is 1. The van der Waals surface area contributed by atoms with Crippen molar-refractivity contribution in [1.29, 1.82) is 5.26 Å². The van der Waals surface area contributed by atoms with E-state index in [1.54, 1.807) is 12.1 Å². The van der Waals surface area contributed by atoms with Crippen molar-refractivity contribution in [2.75, 3.05) is 0 Å². The highest BCUT2D eigenvalue weighted by atomic mass is 79.9. The third kappa shape index (κ3) is 4.86. The number of carbonyl (C=O) groups is 1. The summed E-state index contributed by atoms with van der Waals surface area (Å²) in [5, 5.41) is 11.3. The second kappa shape index (κ2) is 7.84. The molecule has 0 saturated carbocycles. The van der Waals surface area contributed by atoms with E-state index in [0.717, 1.165) is 6.07 Å². The third-order valence-electron chi connectivity index (χ3n) is 3.29. The standard InChI is InChI=1S/C17H13BrF2N2O/c18-14-5-3-12(16(20)8-14)4-6-17(23)22-10-13-2-1-11(9-21)7-15(13)19/h1-3,5,7-8H,4,6,10H2,(H,22,23). The van der Waals surface area contributed by atoms with Crippen molar-refractivity contribution in [3.63, 3.8) is 0 Å². The maximum atomic E-state index is 13.7. The molecule has 0 saturated heterocycles. The van der Waals surface area contributed by atoms with Crippen LogP contribution in [-0.4, -0.2) is 5.91 Å². The molecule has 3 nitrogen and oxygen atoms in total. The first-order valence-electron chi connectivity index (χ1n) is 6.88. The molecule has 0 atom stereocenters. The lowest BCUT2D eigenvalue weighted by Crippen LogP contribution is -2.23. The summed E-state index contributed by atoms with van der Waals surface area (Å²) in [7, 11) is 0. The summed E-state index contributed by atoms with van der Waals surface area (Å²) in [4.78, 5) is 11.8. The van der Waals surface area contributed by atoms with E-state index in [-0.39, 0.29) is 36.7 Å². The molecule has 0 aliphatic carbocycles. The van der Waals surface area contributed by atoms with Crippen LogP contribution in [0.5, 0.6) is 0 Å². The molecule has 0 spiro atoms. The molecule has 1 N–H and O–H groups in total. The molecule has 1 amide bonds. The van der Waals surface area contributed by atoms with Crippen LogP contribution in [0.3, 0.4) is 0 Å². The first-order chi connectivity index (χ1) is 11.0. The van der Waals surface area contributed by atoms with Crippen LogP contribution in [0, 0.1) is 23.0 Å². The van der Waals surface area contributed by atoms with Crippen LogP contribution in [0.4, 0.5) is 8.78 Å². The minimum atomic E-state index is -0.539. The molecule has 0 aliphatic rings. The van der Waals surface area contributed by atoms with Crippen molar-refractivity contribution in [3.05, 3.63) is 69.2 Å². The molecule has 0 aromatic heterocycles. The monoisotopic (exact) mass is 378 g/mol. The summed E-state index contributed by atoms with van der Waals surface area (Å²) in [5.74, 6) is -1.20. The lowest BCUT2D eigenvalue weighted by atomic mass is 10.1. The van der Waals surface area contributed by atoms with E-state index < -0.39 is 5.82 Å². The van der Waals surface area contributed by atoms with Crippen LogP contribution in [0.2, 0.25) is 0 Å². The molecular formula is C17H13BrF2N2O. The van der Waals surface area contributed by atoms with Crippen LogP contribution in [-0.2, 0) is 17.8 Å². The topological polar surface area (TPSA) is 52.9 Å². The highest BCUT2D eigenvalue weighted by Crippen LogP contribution is 2.16. The number of benzene rings is 2. The van der Waals surface area contributed by atoms with Gasteiger partial charge in [0.05, 0.1) is 11.6 Å². The van der Waals surface area contributed by atoms with Crippen LogP contribution in [0.15, 0.2) is 40.9 Å². The number of nitrogens with zero attached hydrogens (tertiary/aromatic N) is 1. The van der Waals surface area contributed by atoms with E-state index >= 15 is 0 Å². The molecule has 0 radical (unpaired) electrons. The van der Waals surface area contributed by atoms with E-state index in [9.17, 15) is 13.6 Å². The Morgan fingerprint density at radius 2 is 1.83 bits per heavy atom. The van der Waals surface area contributed by atoms with Crippen LogP contribution in [0.1, 0.15) is 23.1 Å². The number of carbonyl (C=O) groups excluding carboxylic acids is 1. The van der Waals surface area contributed by atoms with E-state index in [2.05, 4.69) is 21.2 Å². The summed E-state index contributed by atoms with van der Waals surface area (Å²) < 4.78 is 27.9. The smallest absolute Gasteiger partial charge is 0.220 e. The van der Waals surface area contributed by atoms with Crippen molar-refractivity contribution in [2.24, 2.45) is 0 Å². The van der Waals surface area contributed by atoms with Gasteiger partial charge in [-0.2, -0.15) is 5.26 Å². The Morgan fingerprint density at radius 1 is 1.13 bits per heavy atom. The molecule has 2 aromatic carbocycles. The van der Waals surface area contributed by atoms with Gasteiger partial charge in [-0.15, -0.1) is 0 Å².